The molecule has 10 nitrogen and oxygen atoms in total. The van der Waals surface area contributed by atoms with Gasteiger partial charge in [-0.3, -0.25) is 14.0 Å². The van der Waals surface area contributed by atoms with E-state index in [4.69, 9.17) is 19.2 Å². The summed E-state index contributed by atoms with van der Waals surface area (Å²) in [5, 5.41) is 0.213. The Morgan fingerprint density at radius 3 is 2.66 bits per heavy atom. The molecule has 1 fully saturated rings. The second-order valence-corrected chi connectivity index (χ2v) is 9.03. The first-order valence-corrected chi connectivity index (χ1v) is 12.5. The van der Waals surface area contributed by atoms with Gasteiger partial charge in [-0.15, -0.1) is 0 Å². The summed E-state index contributed by atoms with van der Waals surface area (Å²) in [6.45, 7) is 4.53. The SMILES string of the molecule is CCOC(=O)c1cc2c(=O)n3cccc(C)c3nc2n(CC2CCCO2)c1=NC(=O)c1ccc(OC)cc1. The van der Waals surface area contributed by atoms with Gasteiger partial charge >= 0.3 is 5.97 Å². The van der Waals surface area contributed by atoms with Crippen molar-refractivity contribution in [3.8, 4) is 5.75 Å². The lowest BCUT2D eigenvalue weighted by Crippen LogP contribution is -2.35. The molecule has 5 rings (SSSR count). The van der Waals surface area contributed by atoms with Gasteiger partial charge in [0.25, 0.3) is 11.5 Å². The first-order chi connectivity index (χ1) is 18.4. The van der Waals surface area contributed by atoms with Crippen LogP contribution < -0.4 is 15.8 Å². The largest absolute Gasteiger partial charge is 0.497 e. The second kappa shape index (κ2) is 10.6. The van der Waals surface area contributed by atoms with Crippen LogP contribution in [0.25, 0.3) is 16.7 Å². The third kappa shape index (κ3) is 4.70. The van der Waals surface area contributed by atoms with Gasteiger partial charge in [0.15, 0.2) is 5.49 Å². The molecule has 0 bridgehead atoms. The molecule has 1 atom stereocenters. The Hall–Kier alpha value is -4.31. The van der Waals surface area contributed by atoms with E-state index >= 15 is 0 Å². The summed E-state index contributed by atoms with van der Waals surface area (Å²) >= 11 is 0. The Bertz CT molecular complexity index is 1660. The number of amides is 1. The molecule has 0 radical (unpaired) electrons. The molecule has 0 N–H and O–H groups in total. The van der Waals surface area contributed by atoms with Gasteiger partial charge in [0.1, 0.15) is 22.6 Å². The number of hydrogen-bond acceptors (Lipinski definition) is 7. The predicted octanol–water partition coefficient (Wildman–Crippen LogP) is 3.06. The van der Waals surface area contributed by atoms with Crippen LogP contribution in [0.4, 0.5) is 0 Å². The molecule has 38 heavy (non-hydrogen) atoms. The van der Waals surface area contributed by atoms with E-state index in [1.165, 1.54) is 17.6 Å². The molecule has 1 aliphatic rings. The topological polar surface area (TPSA) is 113 Å². The average molecular weight is 517 g/mol. The molecule has 3 aromatic heterocycles. The number of pyridine rings is 2. The molecule has 1 unspecified atom stereocenters. The molecule has 196 valence electrons. The van der Waals surface area contributed by atoms with Crippen LogP contribution in [0.5, 0.6) is 5.75 Å². The van der Waals surface area contributed by atoms with Gasteiger partial charge in [0, 0.05) is 18.4 Å². The van der Waals surface area contributed by atoms with Crippen molar-refractivity contribution in [2.75, 3.05) is 20.3 Å². The standard InChI is InChI=1S/C28H28N4O6/c1-4-37-28(35)22-15-21-24(29-23-17(2)7-5-13-31(23)27(21)34)32(16-20-8-6-14-38-20)25(22)30-26(33)18-9-11-19(36-3)12-10-18/h5,7,9-13,15,20H,4,6,8,14,16H2,1-3H3. The third-order valence-corrected chi connectivity index (χ3v) is 6.56. The molecule has 1 amide bonds. The van der Waals surface area contributed by atoms with Crippen molar-refractivity contribution in [2.45, 2.75) is 39.3 Å². The summed E-state index contributed by atoms with van der Waals surface area (Å²) in [4.78, 5) is 49.3. The number of hydrogen-bond donors (Lipinski definition) is 0. The van der Waals surface area contributed by atoms with E-state index < -0.39 is 11.9 Å². The smallest absolute Gasteiger partial charge is 0.341 e. The van der Waals surface area contributed by atoms with Crippen LogP contribution in [0.1, 0.15) is 46.0 Å². The number of nitrogens with zero attached hydrogens (tertiary/aromatic N) is 4. The van der Waals surface area contributed by atoms with Crippen molar-refractivity contribution in [2.24, 2.45) is 4.99 Å². The van der Waals surface area contributed by atoms with Gasteiger partial charge in [0.2, 0.25) is 0 Å². The van der Waals surface area contributed by atoms with Crippen molar-refractivity contribution in [1.29, 1.82) is 0 Å². The van der Waals surface area contributed by atoms with Crippen LogP contribution in [0.3, 0.4) is 0 Å². The number of aromatic nitrogens is 3. The highest BCUT2D eigenvalue weighted by Crippen LogP contribution is 2.18. The summed E-state index contributed by atoms with van der Waals surface area (Å²) in [6.07, 6.45) is 3.12. The van der Waals surface area contributed by atoms with E-state index in [0.29, 0.717) is 29.2 Å². The Balaban J connectivity index is 1.84. The molecule has 0 spiro atoms. The number of rotatable bonds is 6. The van der Waals surface area contributed by atoms with Crippen molar-refractivity contribution < 1.29 is 23.8 Å². The van der Waals surface area contributed by atoms with Crippen molar-refractivity contribution in [3.63, 3.8) is 0 Å². The zero-order valence-electron chi connectivity index (χ0n) is 21.5. The molecule has 0 aliphatic carbocycles. The van der Waals surface area contributed by atoms with Crippen LogP contribution in [0, 0.1) is 6.92 Å². The van der Waals surface area contributed by atoms with E-state index in [9.17, 15) is 14.4 Å². The van der Waals surface area contributed by atoms with Crippen LogP contribution in [-0.4, -0.2) is 52.3 Å². The normalized spacial score (nSPS) is 15.8. The minimum Gasteiger partial charge on any atom is -0.497 e. The Labute approximate surface area is 218 Å². The molecule has 1 aliphatic heterocycles. The van der Waals surface area contributed by atoms with Crippen LogP contribution in [-0.2, 0) is 16.0 Å². The Morgan fingerprint density at radius 1 is 1.18 bits per heavy atom. The molecule has 4 heterocycles. The first kappa shape index (κ1) is 25.3. The van der Waals surface area contributed by atoms with Gasteiger partial charge in [0.05, 0.1) is 31.8 Å². The minimum atomic E-state index is -0.689. The lowest BCUT2D eigenvalue weighted by molar-refractivity contribution is 0.0521. The number of carbonyl (C=O) groups is 2. The highest BCUT2D eigenvalue weighted by Gasteiger charge is 2.24. The van der Waals surface area contributed by atoms with E-state index in [2.05, 4.69) is 4.99 Å². The maximum Gasteiger partial charge on any atom is 0.341 e. The highest BCUT2D eigenvalue weighted by molar-refractivity contribution is 5.97. The number of fused-ring (bicyclic) bond motifs is 2. The number of benzene rings is 1. The summed E-state index contributed by atoms with van der Waals surface area (Å²) < 4.78 is 19.5. The first-order valence-electron chi connectivity index (χ1n) is 12.5. The molecule has 1 aromatic carbocycles. The number of aryl methyl sites for hydroxylation is 1. The van der Waals surface area contributed by atoms with Gasteiger partial charge in [-0.05, 0) is 68.7 Å². The second-order valence-electron chi connectivity index (χ2n) is 9.03. The van der Waals surface area contributed by atoms with Gasteiger partial charge in [-0.2, -0.15) is 4.99 Å². The lowest BCUT2D eigenvalue weighted by Gasteiger charge is -2.18. The van der Waals surface area contributed by atoms with Crippen molar-refractivity contribution >= 4 is 28.6 Å². The summed E-state index contributed by atoms with van der Waals surface area (Å²) in [6, 6.07) is 11.6. The molecular weight excluding hydrogens is 488 g/mol. The van der Waals surface area contributed by atoms with E-state index in [-0.39, 0.29) is 41.3 Å². The van der Waals surface area contributed by atoms with Gasteiger partial charge < -0.3 is 18.8 Å². The zero-order chi connectivity index (χ0) is 26.8. The fraction of sp³-hybridized carbons (Fsp3) is 0.321. The zero-order valence-corrected chi connectivity index (χ0v) is 21.5. The third-order valence-electron chi connectivity index (χ3n) is 6.56. The molecule has 4 aromatic rings. The average Bonchev–Trinajstić information content (AvgIpc) is 3.44. The number of ether oxygens (including phenoxy) is 3. The quantitative estimate of drug-likeness (QED) is 0.286. The predicted molar refractivity (Wildman–Crippen MR) is 140 cm³/mol. The lowest BCUT2D eigenvalue weighted by atomic mass is 10.1. The monoisotopic (exact) mass is 516 g/mol. The molecule has 10 heteroatoms. The number of methoxy groups -OCH3 is 1. The van der Waals surface area contributed by atoms with E-state index in [1.807, 2.05) is 13.0 Å². The highest BCUT2D eigenvalue weighted by atomic mass is 16.5. The van der Waals surface area contributed by atoms with Gasteiger partial charge in [-0.1, -0.05) is 6.07 Å². The van der Waals surface area contributed by atoms with Crippen molar-refractivity contribution in [1.82, 2.24) is 14.0 Å². The van der Waals surface area contributed by atoms with Crippen LogP contribution in [0.15, 0.2) is 58.4 Å². The minimum absolute atomic E-state index is 0.00529. The Morgan fingerprint density at radius 2 is 1.97 bits per heavy atom. The Kier molecular flexibility index (Phi) is 7.06. The van der Waals surface area contributed by atoms with Crippen LogP contribution in [0.2, 0.25) is 0 Å². The summed E-state index contributed by atoms with van der Waals surface area (Å²) in [7, 11) is 1.54. The number of esters is 1. The fourth-order valence-electron chi connectivity index (χ4n) is 4.63. The van der Waals surface area contributed by atoms with Crippen molar-refractivity contribution in [3.05, 3.63) is 81.2 Å². The maximum absolute atomic E-state index is 13.6. The summed E-state index contributed by atoms with van der Waals surface area (Å²) in [5.41, 5.74) is 1.64. The van der Waals surface area contributed by atoms with Crippen LogP contribution >= 0.6 is 0 Å². The maximum atomic E-state index is 13.6. The fourth-order valence-corrected chi connectivity index (χ4v) is 4.63. The van der Waals surface area contributed by atoms with E-state index in [0.717, 1.165) is 18.4 Å². The summed E-state index contributed by atoms with van der Waals surface area (Å²) in [5.74, 6) is -0.655. The van der Waals surface area contributed by atoms with Gasteiger partial charge in [-0.25, -0.2) is 9.78 Å². The molecule has 1 saturated heterocycles. The number of carbonyl (C=O) groups excluding carboxylic acids is 2. The van der Waals surface area contributed by atoms with E-state index in [1.54, 1.807) is 48.0 Å². The molecule has 0 saturated carbocycles. The molecular formula is C28H28N4O6.